The molecule has 104 valence electrons. The Morgan fingerprint density at radius 2 is 1.89 bits per heavy atom. The van der Waals surface area contributed by atoms with Crippen molar-refractivity contribution in [2.24, 2.45) is 5.92 Å². The summed E-state index contributed by atoms with van der Waals surface area (Å²) >= 11 is 0. The zero-order chi connectivity index (χ0) is 13.2. The van der Waals surface area contributed by atoms with Crippen LogP contribution in [0.4, 0.5) is 0 Å². The van der Waals surface area contributed by atoms with Crippen molar-refractivity contribution in [1.29, 1.82) is 0 Å². The van der Waals surface area contributed by atoms with Crippen molar-refractivity contribution >= 4 is 5.97 Å². The average Bonchev–Trinajstić information content (AvgIpc) is 2.27. The molecule has 1 aliphatic carbocycles. The molecule has 0 radical (unpaired) electrons. The lowest BCUT2D eigenvalue weighted by molar-refractivity contribution is -0.151. The van der Waals surface area contributed by atoms with E-state index in [9.17, 15) is 4.79 Å². The number of likely N-dealkylation sites (N-methyl/N-ethyl adjacent to an activating group) is 1. The second-order valence-electron chi connectivity index (χ2n) is 6.01. The van der Waals surface area contributed by atoms with Crippen molar-refractivity contribution in [2.75, 3.05) is 39.8 Å². The van der Waals surface area contributed by atoms with Crippen molar-refractivity contribution in [3.63, 3.8) is 0 Å². The van der Waals surface area contributed by atoms with E-state index < -0.39 is 0 Å². The lowest BCUT2D eigenvalue weighted by atomic mass is 9.66. The van der Waals surface area contributed by atoms with Crippen LogP contribution in [0.25, 0.3) is 0 Å². The van der Waals surface area contributed by atoms with Crippen LogP contribution >= 0.6 is 0 Å². The summed E-state index contributed by atoms with van der Waals surface area (Å²) in [6, 6.07) is 0. The highest BCUT2D eigenvalue weighted by atomic mass is 16.5. The van der Waals surface area contributed by atoms with Crippen molar-refractivity contribution in [1.82, 2.24) is 9.80 Å². The fourth-order valence-corrected chi connectivity index (χ4v) is 3.51. The predicted octanol–water partition coefficient (Wildman–Crippen LogP) is 1.36. The molecule has 1 saturated heterocycles. The first kappa shape index (κ1) is 13.8. The number of ether oxygens (including phenoxy) is 1. The molecule has 0 aromatic carbocycles. The number of nitrogens with zero attached hydrogens (tertiary/aromatic N) is 2. The smallest absolute Gasteiger partial charge is 0.307 e. The first-order chi connectivity index (χ1) is 8.55. The van der Waals surface area contributed by atoms with Crippen LogP contribution < -0.4 is 0 Å². The van der Waals surface area contributed by atoms with E-state index in [0.717, 1.165) is 44.9 Å². The van der Waals surface area contributed by atoms with E-state index in [1.54, 1.807) is 0 Å². The molecule has 1 aliphatic heterocycles. The van der Waals surface area contributed by atoms with Gasteiger partial charge >= 0.3 is 5.97 Å². The normalized spacial score (nSPS) is 34.1. The van der Waals surface area contributed by atoms with Crippen LogP contribution in [0.15, 0.2) is 0 Å². The minimum atomic E-state index is -0.0247. The molecule has 0 aromatic heterocycles. The number of carbonyl (C=O) groups excluding carboxylic acids is 1. The van der Waals surface area contributed by atoms with Gasteiger partial charge in [-0.25, -0.2) is 0 Å². The molecule has 18 heavy (non-hydrogen) atoms. The molecule has 0 N–H and O–H groups in total. The predicted molar refractivity (Wildman–Crippen MR) is 71.4 cm³/mol. The molecule has 2 rings (SSSR count). The topological polar surface area (TPSA) is 32.8 Å². The largest absolute Gasteiger partial charge is 0.466 e. The maximum Gasteiger partial charge on any atom is 0.307 e. The van der Waals surface area contributed by atoms with Crippen LogP contribution in [0, 0.1) is 5.92 Å². The Balaban J connectivity index is 1.96. The molecule has 1 heterocycles. The first-order valence-corrected chi connectivity index (χ1v) is 7.15. The number of piperazine rings is 1. The fourth-order valence-electron chi connectivity index (χ4n) is 3.51. The summed E-state index contributed by atoms with van der Waals surface area (Å²) in [4.78, 5) is 16.7. The molecule has 0 amide bonds. The van der Waals surface area contributed by atoms with Crippen molar-refractivity contribution in [3.8, 4) is 0 Å². The SMILES string of the molecule is CCOC(=O)CC1(N2CCN(C)CC2)CC(C)C1. The van der Waals surface area contributed by atoms with Gasteiger partial charge in [0.25, 0.3) is 0 Å². The molecular weight excluding hydrogens is 228 g/mol. The Kier molecular flexibility index (Phi) is 4.28. The highest BCUT2D eigenvalue weighted by Crippen LogP contribution is 2.45. The Morgan fingerprint density at radius 1 is 1.28 bits per heavy atom. The number of hydrogen-bond acceptors (Lipinski definition) is 4. The maximum atomic E-state index is 11.8. The molecule has 0 bridgehead atoms. The fraction of sp³-hybridized carbons (Fsp3) is 0.929. The highest BCUT2D eigenvalue weighted by Gasteiger charge is 2.48. The van der Waals surface area contributed by atoms with E-state index in [4.69, 9.17) is 4.74 Å². The van der Waals surface area contributed by atoms with Crippen molar-refractivity contribution < 1.29 is 9.53 Å². The van der Waals surface area contributed by atoms with Crippen LogP contribution in [-0.4, -0.2) is 61.1 Å². The summed E-state index contributed by atoms with van der Waals surface area (Å²) in [5.41, 5.74) is 0.104. The molecule has 0 spiro atoms. The van der Waals surface area contributed by atoms with E-state index in [1.165, 1.54) is 0 Å². The van der Waals surface area contributed by atoms with E-state index in [0.29, 0.717) is 13.0 Å². The van der Waals surface area contributed by atoms with E-state index >= 15 is 0 Å². The molecule has 0 atom stereocenters. The van der Waals surface area contributed by atoms with Crippen molar-refractivity contribution in [3.05, 3.63) is 0 Å². The average molecular weight is 254 g/mol. The molecule has 1 saturated carbocycles. The summed E-state index contributed by atoms with van der Waals surface area (Å²) in [5, 5.41) is 0. The molecule has 2 fully saturated rings. The van der Waals surface area contributed by atoms with Crippen LogP contribution in [0.5, 0.6) is 0 Å². The summed E-state index contributed by atoms with van der Waals surface area (Å²) in [6.07, 6.45) is 2.87. The minimum Gasteiger partial charge on any atom is -0.466 e. The third kappa shape index (κ3) is 2.86. The standard InChI is InChI=1S/C14H26N2O2/c1-4-18-13(17)11-14(9-12(2)10-14)16-7-5-15(3)6-8-16/h12H,4-11H2,1-3H3. The van der Waals surface area contributed by atoms with E-state index in [-0.39, 0.29) is 11.5 Å². The zero-order valence-corrected chi connectivity index (χ0v) is 11.9. The monoisotopic (exact) mass is 254 g/mol. The van der Waals surface area contributed by atoms with Gasteiger partial charge in [-0.3, -0.25) is 9.69 Å². The molecule has 4 heteroatoms. The van der Waals surface area contributed by atoms with Gasteiger partial charge < -0.3 is 9.64 Å². The van der Waals surface area contributed by atoms with Gasteiger partial charge in [-0.15, -0.1) is 0 Å². The van der Waals surface area contributed by atoms with Crippen LogP contribution in [-0.2, 0) is 9.53 Å². The van der Waals surface area contributed by atoms with Crippen molar-refractivity contribution in [2.45, 2.75) is 38.6 Å². The van der Waals surface area contributed by atoms with Gasteiger partial charge in [0, 0.05) is 31.7 Å². The van der Waals surface area contributed by atoms with Gasteiger partial charge in [0.1, 0.15) is 0 Å². The number of esters is 1. The van der Waals surface area contributed by atoms with Crippen LogP contribution in [0.2, 0.25) is 0 Å². The Hall–Kier alpha value is -0.610. The van der Waals surface area contributed by atoms with Crippen LogP contribution in [0.1, 0.15) is 33.1 Å². The lowest BCUT2D eigenvalue weighted by Crippen LogP contribution is -2.62. The van der Waals surface area contributed by atoms with Gasteiger partial charge in [-0.2, -0.15) is 0 Å². The second-order valence-corrected chi connectivity index (χ2v) is 6.01. The summed E-state index contributed by atoms with van der Waals surface area (Å²) in [5.74, 6) is 0.724. The van der Waals surface area contributed by atoms with E-state index in [2.05, 4.69) is 23.8 Å². The Morgan fingerprint density at radius 3 is 2.39 bits per heavy atom. The van der Waals surface area contributed by atoms with Gasteiger partial charge in [0.2, 0.25) is 0 Å². The number of hydrogen-bond donors (Lipinski definition) is 0. The number of carbonyl (C=O) groups is 1. The lowest BCUT2D eigenvalue weighted by Gasteiger charge is -2.55. The molecular formula is C14H26N2O2. The summed E-state index contributed by atoms with van der Waals surface area (Å²) in [7, 11) is 2.17. The molecule has 0 unspecified atom stereocenters. The third-order valence-corrected chi connectivity index (χ3v) is 4.41. The third-order valence-electron chi connectivity index (χ3n) is 4.41. The highest BCUT2D eigenvalue weighted by molar-refractivity contribution is 5.71. The van der Waals surface area contributed by atoms with Gasteiger partial charge in [-0.1, -0.05) is 6.92 Å². The molecule has 0 aromatic rings. The summed E-state index contributed by atoms with van der Waals surface area (Å²) < 4.78 is 5.14. The van der Waals surface area contributed by atoms with Gasteiger partial charge in [-0.05, 0) is 32.7 Å². The quantitative estimate of drug-likeness (QED) is 0.709. The number of rotatable bonds is 4. The minimum absolute atomic E-state index is 0.0247. The first-order valence-electron chi connectivity index (χ1n) is 7.15. The van der Waals surface area contributed by atoms with Crippen LogP contribution in [0.3, 0.4) is 0 Å². The Labute approximate surface area is 110 Å². The second kappa shape index (κ2) is 5.57. The van der Waals surface area contributed by atoms with Gasteiger partial charge in [0.15, 0.2) is 0 Å². The Bertz CT molecular complexity index is 292. The molecule has 2 aliphatic rings. The van der Waals surface area contributed by atoms with E-state index in [1.807, 2.05) is 6.92 Å². The molecule has 4 nitrogen and oxygen atoms in total. The van der Waals surface area contributed by atoms with Gasteiger partial charge in [0.05, 0.1) is 13.0 Å². The summed E-state index contributed by atoms with van der Waals surface area (Å²) in [6.45, 7) is 9.04. The zero-order valence-electron chi connectivity index (χ0n) is 11.9. The maximum absolute atomic E-state index is 11.8.